The van der Waals surface area contributed by atoms with Crippen LogP contribution in [0.3, 0.4) is 0 Å². The Morgan fingerprint density at radius 1 is 1.16 bits per heavy atom. The molecule has 25 heavy (non-hydrogen) atoms. The number of benzene rings is 1. The quantitative estimate of drug-likeness (QED) is 0.844. The van der Waals surface area contributed by atoms with Gasteiger partial charge < -0.3 is 14.5 Å². The van der Waals surface area contributed by atoms with Crippen molar-refractivity contribution < 1.29 is 14.3 Å². The number of morpholine rings is 1. The Morgan fingerprint density at radius 2 is 1.80 bits per heavy atom. The van der Waals surface area contributed by atoms with Crippen molar-refractivity contribution in [3.05, 3.63) is 30.3 Å². The van der Waals surface area contributed by atoms with Gasteiger partial charge in [-0.15, -0.1) is 0 Å². The Balaban J connectivity index is 1.66. The summed E-state index contributed by atoms with van der Waals surface area (Å²) < 4.78 is 5.98. The molecule has 2 aliphatic rings. The number of nitrogens with zero attached hydrogens (tertiary/aromatic N) is 2. The van der Waals surface area contributed by atoms with E-state index in [9.17, 15) is 9.59 Å². The Morgan fingerprint density at radius 3 is 2.40 bits per heavy atom. The van der Waals surface area contributed by atoms with E-state index in [1.165, 1.54) is 0 Å². The maximum absolute atomic E-state index is 12.6. The van der Waals surface area contributed by atoms with E-state index < -0.39 is 0 Å². The predicted octanol–water partition coefficient (Wildman–Crippen LogP) is 2.85. The monoisotopic (exact) mass is 344 g/mol. The van der Waals surface area contributed by atoms with Gasteiger partial charge >= 0.3 is 0 Å². The number of carbonyl (C=O) groups is 2. The smallest absolute Gasteiger partial charge is 0.253 e. The SMILES string of the molecule is CCC(CC)C(=O)N1CCC2(CC1)CN(c1ccccc1)C(=O)CO2. The number of piperidine rings is 1. The van der Waals surface area contributed by atoms with Crippen molar-refractivity contribution in [3.8, 4) is 0 Å². The van der Waals surface area contributed by atoms with Gasteiger partial charge in [-0.2, -0.15) is 0 Å². The second-order valence-corrected chi connectivity index (χ2v) is 7.13. The minimum atomic E-state index is -0.325. The minimum absolute atomic E-state index is 0.00682. The third-order valence-electron chi connectivity index (χ3n) is 5.64. The van der Waals surface area contributed by atoms with E-state index in [0.29, 0.717) is 19.6 Å². The topological polar surface area (TPSA) is 49.9 Å². The van der Waals surface area contributed by atoms with Crippen molar-refractivity contribution in [2.45, 2.75) is 45.1 Å². The minimum Gasteiger partial charge on any atom is -0.363 e. The van der Waals surface area contributed by atoms with Crippen LogP contribution < -0.4 is 4.90 Å². The van der Waals surface area contributed by atoms with Crippen molar-refractivity contribution >= 4 is 17.5 Å². The summed E-state index contributed by atoms with van der Waals surface area (Å²) in [5.41, 5.74) is 0.597. The first-order valence-corrected chi connectivity index (χ1v) is 9.36. The molecule has 2 fully saturated rings. The van der Waals surface area contributed by atoms with Gasteiger partial charge in [0.15, 0.2) is 0 Å². The predicted molar refractivity (Wildman–Crippen MR) is 97.4 cm³/mol. The van der Waals surface area contributed by atoms with Gasteiger partial charge in [0.25, 0.3) is 5.91 Å². The van der Waals surface area contributed by atoms with E-state index in [-0.39, 0.29) is 29.9 Å². The first-order chi connectivity index (χ1) is 12.1. The molecule has 0 N–H and O–H groups in total. The number of amides is 2. The fourth-order valence-electron chi connectivity index (χ4n) is 3.89. The fourth-order valence-corrected chi connectivity index (χ4v) is 3.89. The Labute approximate surface area is 149 Å². The zero-order chi connectivity index (χ0) is 17.9. The molecule has 2 heterocycles. The number of rotatable bonds is 4. The number of hydrogen-bond donors (Lipinski definition) is 0. The van der Waals surface area contributed by atoms with Crippen LogP contribution in [0, 0.1) is 5.92 Å². The molecule has 2 aliphatic heterocycles. The highest BCUT2D eigenvalue weighted by Crippen LogP contribution is 2.33. The highest BCUT2D eigenvalue weighted by molar-refractivity contribution is 5.95. The van der Waals surface area contributed by atoms with Gasteiger partial charge in [0, 0.05) is 24.7 Å². The maximum Gasteiger partial charge on any atom is 0.253 e. The van der Waals surface area contributed by atoms with Crippen molar-refractivity contribution in [2.24, 2.45) is 5.92 Å². The third kappa shape index (κ3) is 3.71. The van der Waals surface area contributed by atoms with Crippen LogP contribution in [0.25, 0.3) is 0 Å². The van der Waals surface area contributed by atoms with E-state index in [4.69, 9.17) is 4.74 Å². The number of anilines is 1. The van der Waals surface area contributed by atoms with Crippen LogP contribution in [-0.2, 0) is 14.3 Å². The number of carbonyl (C=O) groups excluding carboxylic acids is 2. The third-order valence-corrected chi connectivity index (χ3v) is 5.64. The molecule has 5 nitrogen and oxygen atoms in total. The molecular weight excluding hydrogens is 316 g/mol. The summed E-state index contributed by atoms with van der Waals surface area (Å²) >= 11 is 0. The molecular formula is C20H28N2O3. The molecule has 0 unspecified atom stereocenters. The first kappa shape index (κ1) is 17.9. The number of ether oxygens (including phenoxy) is 1. The van der Waals surface area contributed by atoms with E-state index in [1.807, 2.05) is 40.1 Å². The standard InChI is InChI=1S/C20H28N2O3/c1-3-16(4-2)19(24)21-12-10-20(11-13-21)15-22(18(23)14-25-20)17-8-6-5-7-9-17/h5-9,16H,3-4,10-15H2,1-2H3. The summed E-state index contributed by atoms with van der Waals surface area (Å²) in [6.45, 7) is 6.27. The molecule has 0 saturated carbocycles. The molecule has 1 aromatic rings. The summed E-state index contributed by atoms with van der Waals surface area (Å²) in [7, 11) is 0. The molecule has 2 amide bonds. The lowest BCUT2D eigenvalue weighted by Crippen LogP contribution is -2.59. The molecule has 0 atom stereocenters. The summed E-state index contributed by atoms with van der Waals surface area (Å²) in [5.74, 6) is 0.405. The zero-order valence-corrected chi connectivity index (χ0v) is 15.2. The average Bonchev–Trinajstić information content (AvgIpc) is 2.66. The lowest BCUT2D eigenvalue weighted by molar-refractivity contribution is -0.152. The molecule has 1 spiro atoms. The van der Waals surface area contributed by atoms with Crippen LogP contribution in [0.4, 0.5) is 5.69 Å². The molecule has 0 aromatic heterocycles. The van der Waals surface area contributed by atoms with Crippen LogP contribution in [0.15, 0.2) is 30.3 Å². The van der Waals surface area contributed by atoms with Gasteiger partial charge in [0.05, 0.1) is 12.1 Å². The van der Waals surface area contributed by atoms with Crippen LogP contribution in [0.5, 0.6) is 0 Å². The van der Waals surface area contributed by atoms with Gasteiger partial charge in [0.1, 0.15) is 6.61 Å². The first-order valence-electron chi connectivity index (χ1n) is 9.36. The molecule has 5 heteroatoms. The second-order valence-electron chi connectivity index (χ2n) is 7.13. The fraction of sp³-hybridized carbons (Fsp3) is 0.600. The van der Waals surface area contributed by atoms with Crippen LogP contribution in [0.1, 0.15) is 39.5 Å². The average molecular weight is 344 g/mol. The van der Waals surface area contributed by atoms with Crippen LogP contribution in [0.2, 0.25) is 0 Å². The van der Waals surface area contributed by atoms with Gasteiger partial charge in [-0.1, -0.05) is 32.0 Å². The number of hydrogen-bond acceptors (Lipinski definition) is 3. The summed E-state index contributed by atoms with van der Waals surface area (Å²) in [5, 5.41) is 0. The molecule has 3 rings (SSSR count). The van der Waals surface area contributed by atoms with Gasteiger partial charge in [-0.05, 0) is 37.8 Å². The molecule has 1 aromatic carbocycles. The Kier molecular flexibility index (Phi) is 5.42. The second kappa shape index (κ2) is 7.56. The van der Waals surface area contributed by atoms with Crippen molar-refractivity contribution in [3.63, 3.8) is 0 Å². The Hall–Kier alpha value is -1.88. The van der Waals surface area contributed by atoms with E-state index in [1.54, 1.807) is 0 Å². The van der Waals surface area contributed by atoms with Gasteiger partial charge in [-0.3, -0.25) is 9.59 Å². The largest absolute Gasteiger partial charge is 0.363 e. The van der Waals surface area contributed by atoms with E-state index >= 15 is 0 Å². The van der Waals surface area contributed by atoms with Crippen LogP contribution in [-0.4, -0.2) is 48.6 Å². The summed E-state index contributed by atoms with van der Waals surface area (Å²) in [6.07, 6.45) is 3.36. The molecule has 0 aliphatic carbocycles. The Bertz CT molecular complexity index is 605. The van der Waals surface area contributed by atoms with Crippen molar-refractivity contribution in [2.75, 3.05) is 31.1 Å². The summed E-state index contributed by atoms with van der Waals surface area (Å²) in [4.78, 5) is 28.7. The van der Waals surface area contributed by atoms with E-state index in [0.717, 1.165) is 31.4 Å². The lowest BCUT2D eigenvalue weighted by atomic mass is 9.88. The molecule has 136 valence electrons. The molecule has 0 radical (unpaired) electrons. The molecule has 2 saturated heterocycles. The normalized spacial score (nSPS) is 20.4. The molecule has 0 bridgehead atoms. The maximum atomic E-state index is 12.6. The lowest BCUT2D eigenvalue weighted by Gasteiger charge is -2.47. The zero-order valence-electron chi connectivity index (χ0n) is 15.2. The summed E-state index contributed by atoms with van der Waals surface area (Å²) in [6, 6.07) is 9.76. The van der Waals surface area contributed by atoms with Gasteiger partial charge in [0.2, 0.25) is 5.91 Å². The van der Waals surface area contributed by atoms with Crippen molar-refractivity contribution in [1.82, 2.24) is 4.90 Å². The van der Waals surface area contributed by atoms with Crippen molar-refractivity contribution in [1.29, 1.82) is 0 Å². The van der Waals surface area contributed by atoms with E-state index in [2.05, 4.69) is 13.8 Å². The number of likely N-dealkylation sites (tertiary alicyclic amines) is 1. The van der Waals surface area contributed by atoms with Gasteiger partial charge in [-0.25, -0.2) is 0 Å². The highest BCUT2D eigenvalue weighted by atomic mass is 16.5. The highest BCUT2D eigenvalue weighted by Gasteiger charge is 2.43. The number of para-hydroxylation sites is 1. The van der Waals surface area contributed by atoms with Crippen LogP contribution >= 0.6 is 0 Å².